The number of hydrogen-bond donors (Lipinski definition) is 2. The molecule has 2 aromatic carbocycles. The van der Waals surface area contributed by atoms with Crippen LogP contribution in [-0.2, 0) is 20.7 Å². The van der Waals surface area contributed by atoms with Gasteiger partial charge < -0.3 is 5.73 Å². The Bertz CT molecular complexity index is 1060. The molecule has 0 spiro atoms. The van der Waals surface area contributed by atoms with Crippen LogP contribution in [0, 0.1) is 0 Å². The van der Waals surface area contributed by atoms with E-state index in [0.717, 1.165) is 21.0 Å². The van der Waals surface area contributed by atoms with Crippen molar-refractivity contribution in [2.75, 3.05) is 5.73 Å². The first-order valence-electron chi connectivity index (χ1n) is 5.51. The van der Waals surface area contributed by atoms with E-state index in [9.17, 15) is 8.42 Å². The van der Waals surface area contributed by atoms with Gasteiger partial charge in [-0.15, -0.1) is 12.6 Å². The van der Waals surface area contributed by atoms with Crippen LogP contribution >= 0.6 is 11.3 Å². The number of rotatable bonds is 1. The zero-order valence-electron chi connectivity index (χ0n) is 10.6. The number of benzene rings is 2. The van der Waals surface area contributed by atoms with Crippen LogP contribution in [-0.4, -0.2) is 30.6 Å². The Kier molecular flexibility index (Phi) is 4.42. The van der Waals surface area contributed by atoms with Crippen LogP contribution in [0.4, 0.5) is 5.13 Å². The molecule has 0 saturated heterocycles. The molecule has 0 aliphatic carbocycles. The first kappa shape index (κ1) is 16.3. The summed E-state index contributed by atoms with van der Waals surface area (Å²) < 4.78 is 57.5. The number of thiazole rings is 1. The topological polar surface area (TPSA) is 144 Å². The molecule has 22 heavy (non-hydrogen) atoms. The highest BCUT2D eigenvalue weighted by Crippen LogP contribution is 2.32. The fourth-order valence-electron chi connectivity index (χ4n) is 1.86. The Hall–Kier alpha value is -2.08. The SMILES string of the molecule is Nc1nc2ccc3ccc(S(=O)(=O)O)cc3c2s1.O=S(=O)=O. The van der Waals surface area contributed by atoms with Crippen LogP contribution in [0.25, 0.3) is 21.0 Å². The normalized spacial score (nSPS) is 11.1. The highest BCUT2D eigenvalue weighted by molar-refractivity contribution is 7.85. The third-order valence-corrected chi connectivity index (χ3v) is 4.44. The van der Waals surface area contributed by atoms with Gasteiger partial charge in [-0.1, -0.05) is 23.5 Å². The standard InChI is InChI=1S/C11H8N2O3S2.O3S/c12-11-13-9-4-2-6-1-3-7(18(14,15)16)5-8(6)10(9)17-11;1-4(2)3/h1-5H,(H2,12,13)(H,14,15,16);. The predicted molar refractivity (Wildman–Crippen MR) is 81.1 cm³/mol. The minimum atomic E-state index is -4.20. The van der Waals surface area contributed by atoms with E-state index in [-0.39, 0.29) is 4.90 Å². The summed E-state index contributed by atoms with van der Waals surface area (Å²) >= 11 is 1.29. The second-order valence-corrected chi connectivity index (χ2v) is 6.89. The maximum Gasteiger partial charge on any atom is 0.425 e. The van der Waals surface area contributed by atoms with E-state index in [0.29, 0.717) is 5.13 Å². The number of nitrogens with two attached hydrogens (primary N) is 1. The number of nitrogens with zero attached hydrogens (tertiary/aromatic N) is 1. The first-order chi connectivity index (χ1) is 10.2. The maximum atomic E-state index is 11.1. The van der Waals surface area contributed by atoms with Crippen molar-refractivity contribution in [2.45, 2.75) is 4.90 Å². The van der Waals surface area contributed by atoms with Gasteiger partial charge in [0.25, 0.3) is 10.1 Å². The summed E-state index contributed by atoms with van der Waals surface area (Å²) in [6.07, 6.45) is 0. The van der Waals surface area contributed by atoms with Gasteiger partial charge in [-0.05, 0) is 23.6 Å². The van der Waals surface area contributed by atoms with E-state index >= 15 is 0 Å². The highest BCUT2D eigenvalue weighted by Gasteiger charge is 2.12. The van der Waals surface area contributed by atoms with Crippen LogP contribution in [0.3, 0.4) is 0 Å². The van der Waals surface area contributed by atoms with Crippen LogP contribution in [0.15, 0.2) is 35.2 Å². The van der Waals surface area contributed by atoms with E-state index in [2.05, 4.69) is 4.98 Å². The summed E-state index contributed by atoms with van der Waals surface area (Å²) in [7, 11) is -7.31. The molecule has 11 heteroatoms. The summed E-state index contributed by atoms with van der Waals surface area (Å²) in [5, 5.41) is 2.02. The molecule has 0 fully saturated rings. The average Bonchev–Trinajstić information content (AvgIpc) is 2.77. The van der Waals surface area contributed by atoms with Crippen LogP contribution in [0.5, 0.6) is 0 Å². The lowest BCUT2D eigenvalue weighted by Crippen LogP contribution is -1.97. The highest BCUT2D eigenvalue weighted by atomic mass is 32.2. The lowest BCUT2D eigenvalue weighted by molar-refractivity contribution is 0.483. The minimum absolute atomic E-state index is 0.130. The Labute approximate surface area is 130 Å². The Balaban J connectivity index is 0.000000396. The molecule has 0 unspecified atom stereocenters. The molecule has 0 saturated carbocycles. The van der Waals surface area contributed by atoms with Gasteiger partial charge in [0.2, 0.25) is 0 Å². The van der Waals surface area contributed by atoms with Crippen molar-refractivity contribution < 1.29 is 25.6 Å². The van der Waals surface area contributed by atoms with E-state index < -0.39 is 20.7 Å². The van der Waals surface area contributed by atoms with Crippen LogP contribution < -0.4 is 5.73 Å². The Morgan fingerprint density at radius 1 is 1.14 bits per heavy atom. The molecule has 0 aliphatic heterocycles. The third-order valence-electron chi connectivity index (χ3n) is 2.66. The molecule has 0 atom stereocenters. The first-order valence-corrected chi connectivity index (χ1v) is 8.77. The molecular formula is C11H8N2O6S3. The average molecular weight is 360 g/mol. The van der Waals surface area contributed by atoms with Crippen molar-refractivity contribution in [1.82, 2.24) is 4.98 Å². The monoisotopic (exact) mass is 360 g/mol. The Morgan fingerprint density at radius 2 is 1.73 bits per heavy atom. The van der Waals surface area contributed by atoms with Gasteiger partial charge in [0, 0.05) is 5.39 Å². The van der Waals surface area contributed by atoms with E-state index in [1.165, 1.54) is 23.5 Å². The van der Waals surface area contributed by atoms with Crippen molar-refractivity contribution in [3.63, 3.8) is 0 Å². The molecule has 116 valence electrons. The molecule has 3 aromatic rings. The summed E-state index contributed by atoms with van der Waals surface area (Å²) in [5.74, 6) is 0. The molecular weight excluding hydrogens is 352 g/mol. The van der Waals surface area contributed by atoms with Crippen molar-refractivity contribution in [3.05, 3.63) is 30.3 Å². The molecule has 0 bridgehead atoms. The molecule has 8 nitrogen and oxygen atoms in total. The lowest BCUT2D eigenvalue weighted by atomic mass is 10.1. The van der Waals surface area contributed by atoms with Crippen molar-refractivity contribution in [3.8, 4) is 0 Å². The van der Waals surface area contributed by atoms with Gasteiger partial charge >= 0.3 is 10.6 Å². The van der Waals surface area contributed by atoms with Crippen molar-refractivity contribution >= 4 is 58.2 Å². The van der Waals surface area contributed by atoms with E-state index in [4.69, 9.17) is 22.9 Å². The van der Waals surface area contributed by atoms with E-state index in [1.54, 1.807) is 6.07 Å². The molecule has 3 rings (SSSR count). The van der Waals surface area contributed by atoms with Gasteiger partial charge in [-0.3, -0.25) is 4.55 Å². The molecule has 0 aliphatic rings. The summed E-state index contributed by atoms with van der Waals surface area (Å²) in [4.78, 5) is 4.01. The number of fused-ring (bicyclic) bond motifs is 3. The molecule has 1 heterocycles. The second kappa shape index (κ2) is 5.96. The van der Waals surface area contributed by atoms with Crippen LogP contribution in [0.1, 0.15) is 0 Å². The zero-order chi connectivity index (χ0) is 16.5. The molecule has 1 aromatic heterocycles. The fraction of sp³-hybridized carbons (Fsp3) is 0. The van der Waals surface area contributed by atoms with E-state index in [1.807, 2.05) is 12.1 Å². The molecule has 3 N–H and O–H groups in total. The third kappa shape index (κ3) is 3.57. The molecule has 0 amide bonds. The quantitative estimate of drug-likeness (QED) is 0.617. The fourth-order valence-corrected chi connectivity index (χ4v) is 3.23. The van der Waals surface area contributed by atoms with Crippen molar-refractivity contribution in [2.24, 2.45) is 0 Å². The number of nitrogen functional groups attached to an aromatic ring is 1. The van der Waals surface area contributed by atoms with Crippen molar-refractivity contribution in [1.29, 1.82) is 0 Å². The largest absolute Gasteiger partial charge is 0.425 e. The van der Waals surface area contributed by atoms with Gasteiger partial charge in [-0.2, -0.15) is 8.42 Å². The van der Waals surface area contributed by atoms with Gasteiger partial charge in [0.15, 0.2) is 5.13 Å². The summed E-state index contributed by atoms with van der Waals surface area (Å²) in [6.45, 7) is 0. The van der Waals surface area contributed by atoms with Crippen LogP contribution in [0.2, 0.25) is 0 Å². The maximum absolute atomic E-state index is 11.1. The summed E-state index contributed by atoms with van der Waals surface area (Å²) in [6, 6.07) is 8.12. The summed E-state index contributed by atoms with van der Waals surface area (Å²) in [5.41, 5.74) is 6.37. The van der Waals surface area contributed by atoms with Gasteiger partial charge in [0.05, 0.1) is 15.1 Å². The predicted octanol–water partition coefficient (Wildman–Crippen LogP) is 1.27. The second-order valence-electron chi connectivity index (χ2n) is 4.03. The Morgan fingerprint density at radius 3 is 2.32 bits per heavy atom. The smallest absolute Gasteiger partial charge is 0.375 e. The number of anilines is 1. The van der Waals surface area contributed by atoms with Gasteiger partial charge in [-0.25, -0.2) is 4.98 Å². The zero-order valence-corrected chi connectivity index (χ0v) is 13.1. The number of hydrogen-bond acceptors (Lipinski definition) is 8. The molecule has 0 radical (unpaired) electrons. The lowest BCUT2D eigenvalue weighted by Gasteiger charge is -2.01. The van der Waals surface area contributed by atoms with Gasteiger partial charge in [0.1, 0.15) is 0 Å². The minimum Gasteiger partial charge on any atom is -0.375 e. The number of aromatic nitrogens is 1.